The number of carbonyl (C=O) groups is 1. The second-order valence-electron chi connectivity index (χ2n) is 5.87. The lowest BCUT2D eigenvalue weighted by molar-refractivity contribution is 0.0998. The van der Waals surface area contributed by atoms with E-state index in [0.29, 0.717) is 11.3 Å². The van der Waals surface area contributed by atoms with E-state index in [1.54, 1.807) is 0 Å². The van der Waals surface area contributed by atoms with Crippen molar-refractivity contribution in [2.75, 3.05) is 23.3 Å². The van der Waals surface area contributed by atoms with Gasteiger partial charge in [-0.25, -0.2) is 0 Å². The minimum absolute atomic E-state index is 0.236. The minimum Gasteiger partial charge on any atom is -0.451 e. The molecular weight excluding hydrogens is 380 g/mol. The van der Waals surface area contributed by atoms with Crippen LogP contribution in [-0.2, 0) is 0 Å². The lowest BCUT2D eigenvalue weighted by Crippen LogP contribution is -2.21. The molecule has 4 nitrogen and oxygen atoms in total. The molecule has 25 heavy (non-hydrogen) atoms. The van der Waals surface area contributed by atoms with E-state index in [1.807, 2.05) is 49.4 Å². The van der Waals surface area contributed by atoms with Crippen molar-refractivity contribution in [3.8, 4) is 0 Å². The summed E-state index contributed by atoms with van der Waals surface area (Å²) in [5.41, 5.74) is 3.45. The van der Waals surface area contributed by atoms with Gasteiger partial charge in [0, 0.05) is 39.9 Å². The standard InChI is InChI=1S/C20H21BrN2O2/c1-4-23(5-2)16-9-7-15(8-10-16)22-20(24)19-13(3)17-12-14(21)6-11-18(17)25-19/h6-12H,4-5H2,1-3H3,(H,22,24). The van der Waals surface area contributed by atoms with Crippen LogP contribution >= 0.6 is 15.9 Å². The molecule has 0 unspecified atom stereocenters. The van der Waals surface area contributed by atoms with Crippen LogP contribution in [0.4, 0.5) is 11.4 Å². The van der Waals surface area contributed by atoms with Crippen molar-refractivity contribution in [3.05, 3.63) is 58.3 Å². The fourth-order valence-corrected chi connectivity index (χ4v) is 3.30. The Morgan fingerprint density at radius 2 is 1.80 bits per heavy atom. The number of hydrogen-bond acceptors (Lipinski definition) is 3. The molecule has 1 aromatic heterocycles. The van der Waals surface area contributed by atoms with E-state index < -0.39 is 0 Å². The summed E-state index contributed by atoms with van der Waals surface area (Å²) in [7, 11) is 0. The first-order valence-electron chi connectivity index (χ1n) is 8.38. The first-order valence-corrected chi connectivity index (χ1v) is 9.17. The van der Waals surface area contributed by atoms with E-state index in [9.17, 15) is 4.79 Å². The van der Waals surface area contributed by atoms with Crippen LogP contribution in [0.5, 0.6) is 0 Å². The molecule has 0 fully saturated rings. The van der Waals surface area contributed by atoms with Gasteiger partial charge in [0.2, 0.25) is 0 Å². The summed E-state index contributed by atoms with van der Waals surface area (Å²) < 4.78 is 6.70. The number of furan rings is 1. The fourth-order valence-electron chi connectivity index (χ4n) is 2.94. The largest absolute Gasteiger partial charge is 0.451 e. The molecule has 0 bridgehead atoms. The predicted octanol–water partition coefficient (Wildman–Crippen LogP) is 5.60. The van der Waals surface area contributed by atoms with E-state index in [0.717, 1.165) is 39.9 Å². The molecule has 0 aliphatic heterocycles. The number of amides is 1. The van der Waals surface area contributed by atoms with Crippen LogP contribution in [0.25, 0.3) is 11.0 Å². The van der Waals surface area contributed by atoms with E-state index in [2.05, 4.69) is 40.0 Å². The van der Waals surface area contributed by atoms with E-state index >= 15 is 0 Å². The Balaban J connectivity index is 1.81. The monoisotopic (exact) mass is 400 g/mol. The van der Waals surface area contributed by atoms with Crippen molar-refractivity contribution in [1.82, 2.24) is 0 Å². The highest BCUT2D eigenvalue weighted by Gasteiger charge is 2.18. The van der Waals surface area contributed by atoms with Gasteiger partial charge in [-0.2, -0.15) is 0 Å². The molecule has 5 heteroatoms. The molecule has 1 amide bonds. The van der Waals surface area contributed by atoms with Crippen LogP contribution in [0.15, 0.2) is 51.4 Å². The summed E-state index contributed by atoms with van der Waals surface area (Å²) in [6.07, 6.45) is 0. The van der Waals surface area contributed by atoms with Gasteiger partial charge in [0.1, 0.15) is 5.58 Å². The lowest BCUT2D eigenvalue weighted by Gasteiger charge is -2.21. The number of aryl methyl sites for hydroxylation is 1. The number of benzene rings is 2. The Labute approximate surface area is 155 Å². The maximum Gasteiger partial charge on any atom is 0.291 e. The summed E-state index contributed by atoms with van der Waals surface area (Å²) in [5, 5.41) is 3.85. The Morgan fingerprint density at radius 1 is 1.12 bits per heavy atom. The zero-order chi connectivity index (χ0) is 18.0. The van der Waals surface area contributed by atoms with Crippen molar-refractivity contribution in [3.63, 3.8) is 0 Å². The number of hydrogen-bond donors (Lipinski definition) is 1. The molecule has 2 aromatic carbocycles. The number of nitrogens with zero attached hydrogens (tertiary/aromatic N) is 1. The zero-order valence-electron chi connectivity index (χ0n) is 14.6. The lowest BCUT2D eigenvalue weighted by atomic mass is 10.1. The number of anilines is 2. The summed E-state index contributed by atoms with van der Waals surface area (Å²) in [5.74, 6) is 0.112. The summed E-state index contributed by atoms with van der Waals surface area (Å²) in [6.45, 7) is 8.06. The average molecular weight is 401 g/mol. The third-order valence-corrected chi connectivity index (χ3v) is 4.85. The van der Waals surface area contributed by atoms with Crippen molar-refractivity contribution in [2.24, 2.45) is 0 Å². The Hall–Kier alpha value is -2.27. The number of carbonyl (C=O) groups excluding carboxylic acids is 1. The highest BCUT2D eigenvalue weighted by atomic mass is 79.9. The van der Waals surface area contributed by atoms with Crippen LogP contribution in [0.2, 0.25) is 0 Å². The minimum atomic E-state index is -0.236. The molecule has 0 saturated carbocycles. The van der Waals surface area contributed by atoms with Gasteiger partial charge in [0.05, 0.1) is 0 Å². The SMILES string of the molecule is CCN(CC)c1ccc(NC(=O)c2oc3ccc(Br)cc3c2C)cc1. The quantitative estimate of drug-likeness (QED) is 0.605. The summed E-state index contributed by atoms with van der Waals surface area (Å²) in [6, 6.07) is 13.6. The van der Waals surface area contributed by atoms with Crippen molar-refractivity contribution in [1.29, 1.82) is 0 Å². The normalized spacial score (nSPS) is 10.9. The summed E-state index contributed by atoms with van der Waals surface area (Å²) in [4.78, 5) is 14.9. The maximum atomic E-state index is 12.6. The van der Waals surface area contributed by atoms with Crippen LogP contribution < -0.4 is 10.2 Å². The molecule has 3 aromatic rings. The molecule has 0 spiro atoms. The van der Waals surface area contributed by atoms with Crippen molar-refractivity contribution in [2.45, 2.75) is 20.8 Å². The van der Waals surface area contributed by atoms with Gasteiger partial charge in [0.15, 0.2) is 5.76 Å². The molecule has 3 rings (SSSR count). The smallest absolute Gasteiger partial charge is 0.291 e. The molecule has 0 atom stereocenters. The van der Waals surface area contributed by atoms with Crippen LogP contribution in [0.3, 0.4) is 0 Å². The van der Waals surface area contributed by atoms with Gasteiger partial charge in [-0.1, -0.05) is 15.9 Å². The molecule has 1 heterocycles. The topological polar surface area (TPSA) is 45.5 Å². The first kappa shape index (κ1) is 17.5. The number of halogens is 1. The molecule has 0 saturated heterocycles. The van der Waals surface area contributed by atoms with Crippen LogP contribution in [-0.4, -0.2) is 19.0 Å². The zero-order valence-corrected chi connectivity index (χ0v) is 16.2. The van der Waals surface area contributed by atoms with Gasteiger partial charge in [0.25, 0.3) is 5.91 Å². The third-order valence-electron chi connectivity index (χ3n) is 4.36. The van der Waals surface area contributed by atoms with Gasteiger partial charge in [-0.05, 0) is 63.2 Å². The average Bonchev–Trinajstić information content (AvgIpc) is 2.94. The molecule has 0 aliphatic rings. The van der Waals surface area contributed by atoms with E-state index in [1.165, 1.54) is 0 Å². The highest BCUT2D eigenvalue weighted by Crippen LogP contribution is 2.28. The predicted molar refractivity (Wildman–Crippen MR) is 107 cm³/mol. The first-order chi connectivity index (χ1) is 12.0. The second kappa shape index (κ2) is 7.31. The molecule has 0 aliphatic carbocycles. The highest BCUT2D eigenvalue weighted by molar-refractivity contribution is 9.10. The number of fused-ring (bicyclic) bond motifs is 1. The van der Waals surface area contributed by atoms with Gasteiger partial charge >= 0.3 is 0 Å². The molecule has 0 radical (unpaired) electrons. The second-order valence-corrected chi connectivity index (χ2v) is 6.79. The molecule has 1 N–H and O–H groups in total. The fraction of sp³-hybridized carbons (Fsp3) is 0.250. The van der Waals surface area contributed by atoms with Crippen LogP contribution in [0, 0.1) is 6.92 Å². The van der Waals surface area contributed by atoms with E-state index in [-0.39, 0.29) is 5.91 Å². The molecular formula is C20H21BrN2O2. The van der Waals surface area contributed by atoms with Gasteiger partial charge in [-0.15, -0.1) is 0 Å². The number of rotatable bonds is 5. The Morgan fingerprint density at radius 3 is 2.44 bits per heavy atom. The molecule has 130 valence electrons. The van der Waals surface area contributed by atoms with Crippen molar-refractivity contribution < 1.29 is 9.21 Å². The Bertz CT molecular complexity index is 896. The summed E-state index contributed by atoms with van der Waals surface area (Å²) >= 11 is 3.45. The van der Waals surface area contributed by atoms with Crippen molar-refractivity contribution >= 4 is 44.2 Å². The third kappa shape index (κ3) is 3.56. The van der Waals surface area contributed by atoms with Gasteiger partial charge < -0.3 is 14.6 Å². The van der Waals surface area contributed by atoms with Crippen LogP contribution in [0.1, 0.15) is 30.0 Å². The Kier molecular flexibility index (Phi) is 5.13. The number of nitrogens with one attached hydrogen (secondary N) is 1. The van der Waals surface area contributed by atoms with E-state index in [4.69, 9.17) is 4.42 Å². The van der Waals surface area contributed by atoms with Gasteiger partial charge in [-0.3, -0.25) is 4.79 Å². The maximum absolute atomic E-state index is 12.6.